The fourth-order valence-corrected chi connectivity index (χ4v) is 4.01. The lowest BCUT2D eigenvalue weighted by molar-refractivity contribution is -0.387. The first-order chi connectivity index (χ1) is 17.6. The van der Waals surface area contributed by atoms with Crippen molar-refractivity contribution in [2.75, 3.05) is 0 Å². The molecule has 0 unspecified atom stereocenters. The summed E-state index contributed by atoms with van der Waals surface area (Å²) in [5.41, 5.74) is -0.289. The number of fused-ring (bicyclic) bond motifs is 1. The molecule has 3 aromatic rings. The predicted molar refractivity (Wildman–Crippen MR) is 123 cm³/mol. The molecule has 0 spiro atoms. The third kappa shape index (κ3) is 4.60. The quantitative estimate of drug-likeness (QED) is 0.184. The Labute approximate surface area is 205 Å². The second-order valence-corrected chi connectivity index (χ2v) is 8.20. The lowest BCUT2D eigenvalue weighted by atomic mass is 10.1. The van der Waals surface area contributed by atoms with E-state index in [1.165, 1.54) is 18.3 Å². The van der Waals surface area contributed by atoms with Crippen molar-refractivity contribution < 1.29 is 26.9 Å². The van der Waals surface area contributed by atoms with Gasteiger partial charge in [-0.05, 0) is 23.8 Å². The van der Waals surface area contributed by atoms with Crippen LogP contribution in [0.2, 0.25) is 0 Å². The lowest BCUT2D eigenvalue weighted by Crippen LogP contribution is -2.18. The molecule has 0 bridgehead atoms. The SMILES string of the molecule is O=c1c(Cc2ccc(C(F)(F)F)o2)nc2c(Cc3ccccc3)[nH]c(-c3cccc([N+](=O)[O-])c3F)cn1-2. The molecule has 0 atom stereocenters. The molecule has 2 aliphatic heterocycles. The van der Waals surface area contributed by atoms with Gasteiger partial charge in [-0.1, -0.05) is 36.4 Å². The van der Waals surface area contributed by atoms with Crippen LogP contribution in [0.15, 0.2) is 76.1 Å². The van der Waals surface area contributed by atoms with Gasteiger partial charge < -0.3 is 9.40 Å². The van der Waals surface area contributed by atoms with Crippen molar-refractivity contribution in [2.24, 2.45) is 0 Å². The minimum absolute atomic E-state index is 0.0811. The number of nitrogens with zero attached hydrogens (tertiary/aromatic N) is 3. The van der Waals surface area contributed by atoms with Gasteiger partial charge in [0.05, 0.1) is 22.7 Å². The number of benzene rings is 2. The zero-order chi connectivity index (χ0) is 26.3. The number of hydrogen-bond donors (Lipinski definition) is 1. The van der Waals surface area contributed by atoms with Gasteiger partial charge in [-0.2, -0.15) is 17.6 Å². The van der Waals surface area contributed by atoms with Crippen LogP contribution >= 0.6 is 0 Å². The maximum absolute atomic E-state index is 15.0. The number of nitro groups is 1. The van der Waals surface area contributed by atoms with Crippen molar-refractivity contribution in [3.8, 4) is 17.1 Å². The topological polar surface area (TPSA) is 107 Å². The van der Waals surface area contributed by atoms with Crippen LogP contribution in [0.25, 0.3) is 17.1 Å². The summed E-state index contributed by atoms with van der Waals surface area (Å²) < 4.78 is 59.7. The number of nitro benzene ring substituents is 1. The van der Waals surface area contributed by atoms with Crippen LogP contribution in [0.5, 0.6) is 0 Å². The van der Waals surface area contributed by atoms with Gasteiger partial charge in [0.15, 0.2) is 5.82 Å². The molecule has 5 rings (SSSR count). The standard InChI is InChI=1S/C25H16F4N4O4/c26-22-16(7-4-8-20(22)33(35)36)19-13-32-23(17(30-19)11-14-5-2-1-3-6-14)31-18(24(32)34)12-15-9-10-21(37-15)25(27,28)29/h1-10,13,30H,11-12H2. The number of imidazole rings is 1. The number of H-pyrrole nitrogens is 1. The van der Waals surface area contributed by atoms with E-state index in [2.05, 4.69) is 9.97 Å². The minimum atomic E-state index is -4.67. The first-order valence-corrected chi connectivity index (χ1v) is 10.9. The summed E-state index contributed by atoms with van der Waals surface area (Å²) in [5.74, 6) is -2.20. The molecule has 8 nitrogen and oxygen atoms in total. The Bertz CT molecular complexity index is 1640. The summed E-state index contributed by atoms with van der Waals surface area (Å²) in [6.45, 7) is 0. The van der Waals surface area contributed by atoms with Crippen molar-refractivity contribution in [2.45, 2.75) is 19.0 Å². The maximum atomic E-state index is 15.0. The second-order valence-electron chi connectivity index (χ2n) is 8.20. The number of aromatic amines is 1. The Morgan fingerprint density at radius 1 is 1.03 bits per heavy atom. The van der Waals surface area contributed by atoms with Gasteiger partial charge in [0.2, 0.25) is 11.6 Å². The first kappa shape index (κ1) is 24.0. The van der Waals surface area contributed by atoms with Gasteiger partial charge >= 0.3 is 11.9 Å². The monoisotopic (exact) mass is 512 g/mol. The van der Waals surface area contributed by atoms with Gasteiger partial charge in [0.25, 0.3) is 5.56 Å². The van der Waals surface area contributed by atoms with Crippen LogP contribution in [0, 0.1) is 15.9 Å². The van der Waals surface area contributed by atoms with Gasteiger partial charge in [-0.3, -0.25) is 19.5 Å². The number of hydrogen-bond acceptors (Lipinski definition) is 5. The fraction of sp³-hybridized carbons (Fsp3) is 0.120. The Morgan fingerprint density at radius 3 is 2.46 bits per heavy atom. The van der Waals surface area contributed by atoms with Crippen molar-refractivity contribution in [1.29, 1.82) is 0 Å². The average molecular weight is 512 g/mol. The van der Waals surface area contributed by atoms with Gasteiger partial charge in [0.1, 0.15) is 11.5 Å². The zero-order valence-corrected chi connectivity index (χ0v) is 18.8. The van der Waals surface area contributed by atoms with Crippen molar-refractivity contribution in [3.63, 3.8) is 0 Å². The van der Waals surface area contributed by atoms with E-state index < -0.39 is 33.9 Å². The normalized spacial score (nSPS) is 11.8. The molecule has 3 heterocycles. The summed E-state index contributed by atoms with van der Waals surface area (Å²) in [4.78, 5) is 31.0. The second kappa shape index (κ2) is 9.04. The number of alkyl halides is 3. The average Bonchev–Trinajstić information content (AvgIpc) is 3.45. The van der Waals surface area contributed by atoms with Crippen LogP contribution in [0.3, 0.4) is 0 Å². The van der Waals surface area contributed by atoms with Crippen molar-refractivity contribution in [1.82, 2.24) is 14.5 Å². The van der Waals surface area contributed by atoms with E-state index in [4.69, 9.17) is 4.42 Å². The smallest absolute Gasteiger partial charge is 0.449 e. The third-order valence-corrected chi connectivity index (χ3v) is 5.72. The summed E-state index contributed by atoms with van der Waals surface area (Å²) >= 11 is 0. The molecule has 188 valence electrons. The number of aromatic nitrogens is 3. The van der Waals surface area contributed by atoms with E-state index in [0.717, 1.165) is 28.3 Å². The fourth-order valence-electron chi connectivity index (χ4n) is 4.01. The summed E-state index contributed by atoms with van der Waals surface area (Å²) in [6, 6.07) is 14.6. The molecule has 0 saturated carbocycles. The molecule has 0 saturated heterocycles. The van der Waals surface area contributed by atoms with Crippen molar-refractivity contribution in [3.05, 3.63) is 122 Å². The highest BCUT2D eigenvalue weighted by molar-refractivity contribution is 5.64. The van der Waals surface area contributed by atoms with E-state index in [9.17, 15) is 32.5 Å². The predicted octanol–water partition coefficient (Wildman–Crippen LogP) is 5.51. The number of furan rings is 1. The lowest BCUT2D eigenvalue weighted by Gasteiger charge is -2.13. The molecule has 0 radical (unpaired) electrons. The molecule has 0 fully saturated rings. The van der Waals surface area contributed by atoms with E-state index in [0.29, 0.717) is 5.69 Å². The molecule has 37 heavy (non-hydrogen) atoms. The molecule has 12 heteroatoms. The van der Waals surface area contributed by atoms with Crippen LogP contribution in [-0.4, -0.2) is 19.5 Å². The van der Waals surface area contributed by atoms with Gasteiger partial charge in [0, 0.05) is 24.2 Å². The summed E-state index contributed by atoms with van der Waals surface area (Å²) in [7, 11) is 0. The highest BCUT2D eigenvalue weighted by Gasteiger charge is 2.35. The molecule has 1 aromatic heterocycles. The Kier molecular flexibility index (Phi) is 5.86. The van der Waals surface area contributed by atoms with Crippen LogP contribution in [-0.2, 0) is 19.0 Å². The van der Waals surface area contributed by atoms with E-state index >= 15 is 0 Å². The molecule has 2 aromatic carbocycles. The highest BCUT2D eigenvalue weighted by Crippen LogP contribution is 2.32. The molecular weight excluding hydrogens is 496 g/mol. The minimum Gasteiger partial charge on any atom is -0.456 e. The Morgan fingerprint density at radius 2 is 1.78 bits per heavy atom. The molecule has 0 amide bonds. The van der Waals surface area contributed by atoms with Crippen molar-refractivity contribution >= 4 is 5.69 Å². The molecule has 1 N–H and O–H groups in total. The van der Waals surface area contributed by atoms with Gasteiger partial charge in [-0.15, -0.1) is 0 Å². The Balaban J connectivity index is 1.65. The molecule has 0 aliphatic carbocycles. The first-order valence-electron chi connectivity index (χ1n) is 10.9. The van der Waals surface area contributed by atoms with E-state index in [1.54, 1.807) is 0 Å². The number of nitrogens with one attached hydrogen (secondary N) is 1. The van der Waals surface area contributed by atoms with Gasteiger partial charge in [-0.25, -0.2) is 4.98 Å². The van der Waals surface area contributed by atoms with E-state index in [1.807, 2.05) is 30.3 Å². The number of rotatable bonds is 6. The molecule has 2 aliphatic rings. The zero-order valence-electron chi connectivity index (χ0n) is 18.8. The van der Waals surface area contributed by atoms with Crippen LogP contribution < -0.4 is 5.56 Å². The molecular formula is C25H16F4N4O4. The summed E-state index contributed by atoms with van der Waals surface area (Å²) in [5, 5.41) is 11.2. The van der Waals surface area contributed by atoms with E-state index in [-0.39, 0.29) is 41.4 Å². The Hall–Kier alpha value is -4.74. The van der Waals surface area contributed by atoms with Crippen LogP contribution in [0.1, 0.15) is 28.5 Å². The van der Waals surface area contributed by atoms with Crippen LogP contribution in [0.4, 0.5) is 23.2 Å². The number of halogens is 4. The third-order valence-electron chi connectivity index (χ3n) is 5.72. The highest BCUT2D eigenvalue weighted by atomic mass is 19.4. The largest absolute Gasteiger partial charge is 0.456 e. The maximum Gasteiger partial charge on any atom is 0.449 e. The summed E-state index contributed by atoms with van der Waals surface area (Å²) in [6.07, 6.45) is -3.48.